The number of hydrogen-bond acceptors (Lipinski definition) is 3. The molecule has 0 fully saturated rings. The van der Waals surface area contributed by atoms with Gasteiger partial charge in [0, 0.05) is 6.61 Å². The summed E-state index contributed by atoms with van der Waals surface area (Å²) in [5.74, 6) is 0.270. The van der Waals surface area contributed by atoms with Gasteiger partial charge in [-0.3, -0.25) is 5.41 Å². The number of carbonyl (C=O) groups is 1. The summed E-state index contributed by atoms with van der Waals surface area (Å²) in [6.45, 7) is 6.15. The number of nitrogens with two attached hydrogens (primary N) is 1. The molecule has 0 aliphatic heterocycles. The maximum Gasteiger partial charge on any atom is 0.126 e. The van der Waals surface area contributed by atoms with E-state index in [2.05, 4.69) is 6.92 Å². The van der Waals surface area contributed by atoms with Crippen LogP contribution >= 0.6 is 0 Å². The molecular weight excluding hydrogens is 168 g/mol. The first-order valence-corrected chi connectivity index (χ1v) is 4.38. The van der Waals surface area contributed by atoms with Gasteiger partial charge in [0.1, 0.15) is 18.2 Å². The van der Waals surface area contributed by atoms with Gasteiger partial charge in [-0.2, -0.15) is 0 Å². The minimum absolute atomic E-state index is 0.103. The van der Waals surface area contributed by atoms with Crippen molar-refractivity contribution in [3.8, 4) is 0 Å². The molecule has 0 bridgehead atoms. The number of ketones is 1. The number of carbonyl (C=O) groups excluding carboxylic acids is 1. The van der Waals surface area contributed by atoms with Crippen LogP contribution in [0, 0.1) is 5.41 Å². The first-order chi connectivity index (χ1) is 6.00. The zero-order valence-corrected chi connectivity index (χ0v) is 8.72. The molecule has 0 amide bonds. The Hall–Kier alpha value is -0.900. The van der Waals surface area contributed by atoms with Gasteiger partial charge in [-0.25, -0.2) is 0 Å². The van der Waals surface area contributed by atoms with Gasteiger partial charge < -0.3 is 15.3 Å². The molecule has 0 atom stereocenters. The lowest BCUT2D eigenvalue weighted by Crippen LogP contribution is -2.17. The first kappa shape index (κ1) is 14.6. The highest BCUT2D eigenvalue weighted by Gasteiger charge is 1.87. The maximum absolute atomic E-state index is 9.44. The molecular formula is C9H20N2O2. The predicted molar refractivity (Wildman–Crippen MR) is 54.0 cm³/mol. The number of nitrogens with one attached hydrogen (secondary N) is 1. The van der Waals surface area contributed by atoms with Crippen molar-refractivity contribution in [2.24, 2.45) is 5.73 Å². The molecule has 3 N–H and O–H groups in total. The molecule has 0 spiro atoms. The molecule has 0 saturated carbocycles. The number of rotatable bonds is 5. The lowest BCUT2D eigenvalue weighted by molar-refractivity contribution is -0.114. The number of amidine groups is 1. The summed E-state index contributed by atoms with van der Waals surface area (Å²) in [6, 6.07) is 0. The number of ether oxygens (including phenoxy) is 1. The van der Waals surface area contributed by atoms with Crippen LogP contribution < -0.4 is 5.73 Å². The zero-order valence-electron chi connectivity index (χ0n) is 8.72. The van der Waals surface area contributed by atoms with Crippen LogP contribution in [0.3, 0.4) is 0 Å². The molecule has 78 valence electrons. The Bertz CT molecular complexity index is 143. The van der Waals surface area contributed by atoms with E-state index >= 15 is 0 Å². The summed E-state index contributed by atoms with van der Waals surface area (Å²) < 4.78 is 4.99. The van der Waals surface area contributed by atoms with Crippen molar-refractivity contribution in [2.75, 3.05) is 13.2 Å². The average molecular weight is 188 g/mol. The third kappa shape index (κ3) is 35.3. The van der Waals surface area contributed by atoms with E-state index in [4.69, 9.17) is 15.9 Å². The zero-order chi connectivity index (χ0) is 10.7. The van der Waals surface area contributed by atoms with E-state index in [1.165, 1.54) is 13.8 Å². The molecule has 0 aliphatic carbocycles. The topological polar surface area (TPSA) is 76.2 Å². The van der Waals surface area contributed by atoms with Crippen LogP contribution in [0.15, 0.2) is 0 Å². The Morgan fingerprint density at radius 1 is 1.46 bits per heavy atom. The third-order valence-corrected chi connectivity index (χ3v) is 0.900. The summed E-state index contributed by atoms with van der Waals surface area (Å²) in [4.78, 5) is 9.44. The molecule has 4 nitrogen and oxygen atoms in total. The largest absolute Gasteiger partial charge is 0.386 e. The van der Waals surface area contributed by atoms with Gasteiger partial charge >= 0.3 is 0 Å². The lowest BCUT2D eigenvalue weighted by Gasteiger charge is -1.99. The van der Waals surface area contributed by atoms with Gasteiger partial charge in [0.05, 0.1) is 0 Å². The van der Waals surface area contributed by atoms with E-state index in [0.717, 1.165) is 19.4 Å². The van der Waals surface area contributed by atoms with Gasteiger partial charge in [-0.05, 0) is 20.3 Å². The molecule has 0 aromatic heterocycles. The fourth-order valence-electron chi connectivity index (χ4n) is 0.429. The molecule has 0 aliphatic rings. The Morgan fingerprint density at radius 3 is 2.23 bits per heavy atom. The van der Waals surface area contributed by atoms with Gasteiger partial charge in [0.25, 0.3) is 0 Å². The van der Waals surface area contributed by atoms with Crippen molar-refractivity contribution in [3.63, 3.8) is 0 Å². The van der Waals surface area contributed by atoms with Crippen LogP contribution in [0.2, 0.25) is 0 Å². The Morgan fingerprint density at radius 2 is 1.92 bits per heavy atom. The van der Waals surface area contributed by atoms with E-state index in [1.807, 2.05) is 0 Å². The van der Waals surface area contributed by atoms with Gasteiger partial charge in [0.2, 0.25) is 0 Å². The second-order valence-corrected chi connectivity index (χ2v) is 2.84. The van der Waals surface area contributed by atoms with Gasteiger partial charge in [-0.1, -0.05) is 13.3 Å². The second kappa shape index (κ2) is 11.1. The second-order valence-electron chi connectivity index (χ2n) is 2.84. The van der Waals surface area contributed by atoms with Gasteiger partial charge in [-0.15, -0.1) is 0 Å². The van der Waals surface area contributed by atoms with E-state index < -0.39 is 0 Å². The third-order valence-electron chi connectivity index (χ3n) is 0.900. The normalized spacial score (nSPS) is 8.54. The molecule has 0 rings (SSSR count). The van der Waals surface area contributed by atoms with Crippen molar-refractivity contribution >= 4 is 11.6 Å². The molecule has 13 heavy (non-hydrogen) atoms. The van der Waals surface area contributed by atoms with Crippen LogP contribution in [0.25, 0.3) is 0 Å². The highest BCUT2D eigenvalue weighted by molar-refractivity contribution is 5.78. The van der Waals surface area contributed by atoms with Gasteiger partial charge in [0.15, 0.2) is 0 Å². The molecule has 0 aromatic carbocycles. The smallest absolute Gasteiger partial charge is 0.126 e. The van der Waals surface area contributed by atoms with Crippen molar-refractivity contribution < 1.29 is 9.53 Å². The van der Waals surface area contributed by atoms with E-state index in [1.54, 1.807) is 0 Å². The number of hydrogen-bond donors (Lipinski definition) is 2. The van der Waals surface area contributed by atoms with Crippen LogP contribution in [-0.2, 0) is 9.53 Å². The molecule has 0 heterocycles. The summed E-state index contributed by atoms with van der Waals surface area (Å²) in [5, 5.41) is 6.78. The number of Topliss-reactive ketones (excluding diaryl/α,β-unsaturated/α-hetero) is 1. The predicted octanol–water partition coefficient (Wildman–Crippen LogP) is 1.33. The fraction of sp³-hybridized carbons (Fsp3) is 0.778. The SMILES string of the molecule is CC(C)=O.CCCCOCC(=N)N. The van der Waals surface area contributed by atoms with Crippen LogP contribution in [0.1, 0.15) is 33.6 Å². The highest BCUT2D eigenvalue weighted by Crippen LogP contribution is 1.86. The molecule has 0 saturated heterocycles. The Labute approximate surface area is 80.0 Å². The lowest BCUT2D eigenvalue weighted by atomic mass is 10.4. The average Bonchev–Trinajstić information content (AvgIpc) is 1.97. The van der Waals surface area contributed by atoms with Crippen molar-refractivity contribution in [3.05, 3.63) is 0 Å². The van der Waals surface area contributed by atoms with Crippen molar-refractivity contribution in [1.29, 1.82) is 5.41 Å². The fourth-order valence-corrected chi connectivity index (χ4v) is 0.429. The molecule has 0 aromatic rings. The highest BCUT2D eigenvalue weighted by atomic mass is 16.5. The maximum atomic E-state index is 9.44. The standard InChI is InChI=1S/C6H14N2O.C3H6O/c1-2-3-4-9-5-6(7)8;1-3(2)4/h2-5H2,1H3,(H3,7,8);1-2H3. The first-order valence-electron chi connectivity index (χ1n) is 4.38. The minimum Gasteiger partial charge on any atom is -0.386 e. The molecule has 4 heteroatoms. The summed E-state index contributed by atoms with van der Waals surface area (Å²) in [5.41, 5.74) is 5.03. The molecule has 0 radical (unpaired) electrons. The monoisotopic (exact) mass is 188 g/mol. The number of unbranched alkanes of at least 4 members (excludes halogenated alkanes) is 1. The Balaban J connectivity index is 0. The Kier molecular flexibility index (Phi) is 12.5. The summed E-state index contributed by atoms with van der Waals surface area (Å²) in [6.07, 6.45) is 2.17. The van der Waals surface area contributed by atoms with Crippen LogP contribution in [0.4, 0.5) is 0 Å². The van der Waals surface area contributed by atoms with Crippen molar-refractivity contribution in [2.45, 2.75) is 33.6 Å². The van der Waals surface area contributed by atoms with Crippen LogP contribution in [-0.4, -0.2) is 24.8 Å². The quantitative estimate of drug-likeness (QED) is 0.388. The van der Waals surface area contributed by atoms with Crippen LogP contribution in [0.5, 0.6) is 0 Å². The summed E-state index contributed by atoms with van der Waals surface area (Å²) in [7, 11) is 0. The van der Waals surface area contributed by atoms with E-state index in [0.29, 0.717) is 0 Å². The minimum atomic E-state index is 0.103. The molecule has 0 unspecified atom stereocenters. The van der Waals surface area contributed by atoms with E-state index in [-0.39, 0.29) is 18.2 Å². The summed E-state index contributed by atoms with van der Waals surface area (Å²) >= 11 is 0. The van der Waals surface area contributed by atoms with Crippen molar-refractivity contribution in [1.82, 2.24) is 0 Å². The van der Waals surface area contributed by atoms with E-state index in [9.17, 15) is 4.79 Å².